The van der Waals surface area contributed by atoms with Gasteiger partial charge in [-0.3, -0.25) is 0 Å². The predicted octanol–water partition coefficient (Wildman–Crippen LogP) is 2.83. The first-order valence-electron chi connectivity index (χ1n) is 9.47. The Morgan fingerprint density at radius 2 is 2.08 bits per heavy atom. The van der Waals surface area contributed by atoms with Gasteiger partial charge in [0.1, 0.15) is 5.82 Å². The summed E-state index contributed by atoms with van der Waals surface area (Å²) >= 11 is 0. The Hall–Kier alpha value is -2.08. The van der Waals surface area contributed by atoms with E-state index < -0.39 is 0 Å². The lowest BCUT2D eigenvalue weighted by Gasteiger charge is -2.44. The van der Waals surface area contributed by atoms with Crippen molar-refractivity contribution in [1.82, 2.24) is 19.8 Å². The molecule has 2 N–H and O–H groups in total. The molecule has 3 saturated heterocycles. The van der Waals surface area contributed by atoms with E-state index in [1.165, 1.54) is 25.9 Å². The third-order valence-corrected chi connectivity index (χ3v) is 5.69. The summed E-state index contributed by atoms with van der Waals surface area (Å²) in [7, 11) is 0. The van der Waals surface area contributed by atoms with Crippen molar-refractivity contribution in [2.75, 3.05) is 25.0 Å². The van der Waals surface area contributed by atoms with Crippen molar-refractivity contribution in [2.45, 2.75) is 45.7 Å². The lowest BCUT2D eigenvalue weighted by Crippen LogP contribution is -2.57. The molecule has 134 valence electrons. The summed E-state index contributed by atoms with van der Waals surface area (Å²) in [6.07, 6.45) is 3.31. The number of carbonyl (C=O) groups excluding carboxylic acids is 1. The molecule has 2 amide bonds. The SMILES string of the molecule is CCc1nc2cc(NC(=O)N[C@@H]3CN4CCC3CC4)ccc2n1CC. The van der Waals surface area contributed by atoms with Gasteiger partial charge >= 0.3 is 6.03 Å². The number of aryl methyl sites for hydroxylation is 2. The number of carbonyl (C=O) groups is 1. The highest BCUT2D eigenvalue weighted by molar-refractivity contribution is 5.92. The molecule has 0 saturated carbocycles. The van der Waals surface area contributed by atoms with Crippen LogP contribution in [0.4, 0.5) is 10.5 Å². The number of hydrogen-bond acceptors (Lipinski definition) is 3. The van der Waals surface area contributed by atoms with Crippen LogP contribution in [0, 0.1) is 5.92 Å². The first-order valence-corrected chi connectivity index (χ1v) is 9.47. The predicted molar refractivity (Wildman–Crippen MR) is 99.9 cm³/mol. The number of piperidine rings is 3. The Morgan fingerprint density at radius 1 is 1.28 bits per heavy atom. The van der Waals surface area contributed by atoms with Gasteiger partial charge in [0.15, 0.2) is 0 Å². The quantitative estimate of drug-likeness (QED) is 0.899. The van der Waals surface area contributed by atoms with Crippen LogP contribution in [0.2, 0.25) is 0 Å². The van der Waals surface area contributed by atoms with Crippen LogP contribution in [0.15, 0.2) is 18.2 Å². The van der Waals surface area contributed by atoms with E-state index in [4.69, 9.17) is 4.98 Å². The smallest absolute Gasteiger partial charge is 0.319 e. The highest BCUT2D eigenvalue weighted by Gasteiger charge is 2.34. The van der Waals surface area contributed by atoms with Gasteiger partial charge in [0.25, 0.3) is 0 Å². The average molecular weight is 341 g/mol. The van der Waals surface area contributed by atoms with Crippen molar-refractivity contribution in [1.29, 1.82) is 0 Å². The van der Waals surface area contributed by atoms with Crippen LogP contribution >= 0.6 is 0 Å². The largest absolute Gasteiger partial charge is 0.334 e. The van der Waals surface area contributed by atoms with Gasteiger partial charge in [-0.15, -0.1) is 0 Å². The van der Waals surface area contributed by atoms with Crippen molar-refractivity contribution >= 4 is 22.8 Å². The Balaban J connectivity index is 1.46. The third kappa shape index (κ3) is 3.11. The molecule has 25 heavy (non-hydrogen) atoms. The summed E-state index contributed by atoms with van der Waals surface area (Å²) in [4.78, 5) is 19.6. The topological polar surface area (TPSA) is 62.2 Å². The van der Waals surface area contributed by atoms with Crippen molar-refractivity contribution in [3.8, 4) is 0 Å². The van der Waals surface area contributed by atoms with Gasteiger partial charge in [0, 0.05) is 31.2 Å². The summed E-state index contributed by atoms with van der Waals surface area (Å²) in [5.74, 6) is 1.72. The second kappa shape index (κ2) is 6.67. The number of imidazole rings is 1. The molecule has 3 fully saturated rings. The number of aromatic nitrogens is 2. The molecule has 0 unspecified atom stereocenters. The van der Waals surface area contributed by atoms with Gasteiger partial charge in [-0.05, 0) is 57.0 Å². The van der Waals surface area contributed by atoms with E-state index in [9.17, 15) is 4.79 Å². The van der Waals surface area contributed by atoms with E-state index in [0.717, 1.165) is 42.1 Å². The maximum absolute atomic E-state index is 12.4. The van der Waals surface area contributed by atoms with Crippen LogP contribution in [-0.4, -0.2) is 46.2 Å². The fraction of sp³-hybridized carbons (Fsp3) is 0.579. The number of hydrogen-bond donors (Lipinski definition) is 2. The van der Waals surface area contributed by atoms with E-state index in [-0.39, 0.29) is 12.1 Å². The molecule has 4 heterocycles. The minimum absolute atomic E-state index is 0.108. The average Bonchev–Trinajstić information content (AvgIpc) is 2.99. The second-order valence-electron chi connectivity index (χ2n) is 7.17. The summed E-state index contributed by atoms with van der Waals surface area (Å²) < 4.78 is 2.23. The summed E-state index contributed by atoms with van der Waals surface area (Å²) in [6.45, 7) is 8.51. The molecule has 0 radical (unpaired) electrons. The lowest BCUT2D eigenvalue weighted by molar-refractivity contribution is 0.0777. The number of urea groups is 1. The van der Waals surface area contributed by atoms with Gasteiger partial charge in [-0.2, -0.15) is 0 Å². The molecule has 2 aromatic rings. The minimum atomic E-state index is -0.108. The highest BCUT2D eigenvalue weighted by atomic mass is 16.2. The summed E-state index contributed by atoms with van der Waals surface area (Å²) in [6, 6.07) is 6.15. The molecule has 0 spiro atoms. The first-order chi connectivity index (χ1) is 12.2. The Labute approximate surface area is 148 Å². The third-order valence-electron chi connectivity index (χ3n) is 5.69. The Bertz CT molecular complexity index is 775. The molecule has 2 bridgehead atoms. The molecule has 5 rings (SSSR count). The molecular weight excluding hydrogens is 314 g/mol. The van der Waals surface area contributed by atoms with Crippen LogP contribution in [0.25, 0.3) is 11.0 Å². The van der Waals surface area contributed by atoms with Crippen molar-refractivity contribution in [3.05, 3.63) is 24.0 Å². The molecule has 1 aromatic heterocycles. The first kappa shape index (κ1) is 16.4. The maximum atomic E-state index is 12.4. The molecule has 0 aliphatic carbocycles. The van der Waals surface area contributed by atoms with Crippen LogP contribution in [0.3, 0.4) is 0 Å². The van der Waals surface area contributed by atoms with Gasteiger partial charge in [-0.25, -0.2) is 9.78 Å². The van der Waals surface area contributed by atoms with E-state index in [2.05, 4.69) is 40.0 Å². The fourth-order valence-corrected chi connectivity index (χ4v) is 4.34. The monoisotopic (exact) mass is 341 g/mol. The summed E-state index contributed by atoms with van der Waals surface area (Å²) in [5.41, 5.74) is 2.87. The zero-order valence-corrected chi connectivity index (χ0v) is 15.1. The van der Waals surface area contributed by atoms with Crippen molar-refractivity contribution in [3.63, 3.8) is 0 Å². The Morgan fingerprint density at radius 3 is 2.72 bits per heavy atom. The van der Waals surface area contributed by atoms with E-state index in [1.54, 1.807) is 0 Å². The van der Waals surface area contributed by atoms with Crippen LogP contribution in [-0.2, 0) is 13.0 Å². The number of rotatable bonds is 4. The normalized spacial score (nSPS) is 25.3. The zero-order valence-electron chi connectivity index (χ0n) is 15.1. The second-order valence-corrected chi connectivity index (χ2v) is 7.17. The number of amides is 2. The highest BCUT2D eigenvalue weighted by Crippen LogP contribution is 2.27. The van der Waals surface area contributed by atoms with E-state index in [0.29, 0.717) is 5.92 Å². The van der Waals surface area contributed by atoms with Gasteiger partial charge in [0.2, 0.25) is 0 Å². The number of anilines is 1. The molecule has 1 aromatic carbocycles. The molecule has 3 aliphatic rings. The minimum Gasteiger partial charge on any atom is -0.334 e. The number of nitrogens with one attached hydrogen (secondary N) is 2. The van der Waals surface area contributed by atoms with E-state index >= 15 is 0 Å². The number of benzene rings is 1. The zero-order chi connectivity index (χ0) is 17.4. The van der Waals surface area contributed by atoms with Crippen LogP contribution < -0.4 is 10.6 Å². The molecule has 6 heteroatoms. The van der Waals surface area contributed by atoms with Crippen molar-refractivity contribution in [2.24, 2.45) is 5.92 Å². The molecule has 1 atom stereocenters. The standard InChI is InChI=1S/C19H27N5O/c1-3-18-21-15-11-14(5-6-17(15)24(18)4-2)20-19(25)22-16-12-23-9-7-13(16)8-10-23/h5-6,11,13,16H,3-4,7-10,12H2,1-2H3,(H2,20,22,25)/t16-/m1/s1. The lowest BCUT2D eigenvalue weighted by atomic mass is 9.84. The Kier molecular flexibility index (Phi) is 4.37. The van der Waals surface area contributed by atoms with Gasteiger partial charge < -0.3 is 20.1 Å². The number of nitrogens with zero attached hydrogens (tertiary/aromatic N) is 3. The van der Waals surface area contributed by atoms with Crippen LogP contribution in [0.1, 0.15) is 32.5 Å². The maximum Gasteiger partial charge on any atom is 0.319 e. The number of fused-ring (bicyclic) bond motifs is 4. The summed E-state index contributed by atoms with van der Waals surface area (Å²) in [5, 5.41) is 6.16. The molecule has 3 aliphatic heterocycles. The molecule has 6 nitrogen and oxygen atoms in total. The van der Waals surface area contributed by atoms with Crippen molar-refractivity contribution < 1.29 is 4.79 Å². The molecular formula is C19H27N5O. The van der Waals surface area contributed by atoms with Gasteiger partial charge in [0.05, 0.1) is 11.0 Å². The van der Waals surface area contributed by atoms with Crippen LogP contribution in [0.5, 0.6) is 0 Å². The van der Waals surface area contributed by atoms with E-state index in [1.807, 2.05) is 12.1 Å². The van der Waals surface area contributed by atoms with Gasteiger partial charge in [-0.1, -0.05) is 6.92 Å². The fourth-order valence-electron chi connectivity index (χ4n) is 4.34.